The summed E-state index contributed by atoms with van der Waals surface area (Å²) in [5.74, 6) is 0. The van der Waals surface area contributed by atoms with Gasteiger partial charge in [0.05, 0.1) is 17.6 Å². The maximum Gasteiger partial charge on any atom is 0.103 e. The molecule has 2 heterocycles. The molecule has 0 saturated heterocycles. The molecule has 1 aliphatic rings. The number of nitrogens with zero attached hydrogens (tertiary/aromatic N) is 3. The first-order valence-corrected chi connectivity index (χ1v) is 6.63. The van der Waals surface area contributed by atoms with Crippen LogP contribution in [0.1, 0.15) is 18.1 Å². The van der Waals surface area contributed by atoms with E-state index < -0.39 is 0 Å². The summed E-state index contributed by atoms with van der Waals surface area (Å²) in [6, 6.07) is 8.55. The molecule has 3 nitrogen and oxygen atoms in total. The van der Waals surface area contributed by atoms with Gasteiger partial charge in [-0.15, -0.1) is 0 Å². The highest BCUT2D eigenvalue weighted by Gasteiger charge is 2.32. The Morgan fingerprint density at radius 3 is 2.63 bits per heavy atom. The molecule has 1 aromatic carbocycles. The van der Waals surface area contributed by atoms with Gasteiger partial charge >= 0.3 is 0 Å². The van der Waals surface area contributed by atoms with Gasteiger partial charge in [-0.1, -0.05) is 12.1 Å². The van der Waals surface area contributed by atoms with Gasteiger partial charge in [0.1, 0.15) is 6.17 Å². The molecule has 0 N–H and O–H groups in total. The molecule has 1 aliphatic heterocycles. The molecule has 98 valence electrons. The van der Waals surface area contributed by atoms with Crippen LogP contribution < -0.4 is 9.80 Å². The lowest BCUT2D eigenvalue weighted by atomic mass is 10.1. The number of hydrogen-bond donors (Lipinski definition) is 0. The van der Waals surface area contributed by atoms with Gasteiger partial charge in [-0.2, -0.15) is 0 Å². The van der Waals surface area contributed by atoms with E-state index in [1.54, 1.807) is 0 Å². The summed E-state index contributed by atoms with van der Waals surface area (Å²) in [4.78, 5) is 8.94. The van der Waals surface area contributed by atoms with Gasteiger partial charge in [0.25, 0.3) is 0 Å². The van der Waals surface area contributed by atoms with Crippen molar-refractivity contribution in [3.63, 3.8) is 0 Å². The molecule has 2 aromatic rings. The number of anilines is 3. The van der Waals surface area contributed by atoms with Gasteiger partial charge in [0, 0.05) is 18.9 Å². The molecule has 0 saturated carbocycles. The molecule has 0 aliphatic carbocycles. The van der Waals surface area contributed by atoms with Crippen molar-refractivity contribution < 1.29 is 0 Å². The Hall–Kier alpha value is -2.03. The summed E-state index contributed by atoms with van der Waals surface area (Å²) >= 11 is 0. The first-order valence-electron chi connectivity index (χ1n) is 6.63. The minimum atomic E-state index is 0.305. The fraction of sp³-hybridized carbons (Fsp3) is 0.312. The monoisotopic (exact) mass is 253 g/mol. The zero-order valence-electron chi connectivity index (χ0n) is 11.9. The second-order valence-corrected chi connectivity index (χ2v) is 5.20. The average molecular weight is 253 g/mol. The second kappa shape index (κ2) is 4.26. The molecule has 1 aromatic heterocycles. The molecular weight excluding hydrogens is 234 g/mol. The molecular formula is C16H19N3. The lowest BCUT2D eigenvalue weighted by molar-refractivity contribution is 0.732. The number of rotatable bonds is 1. The first kappa shape index (κ1) is 12.0. The highest BCUT2D eigenvalue weighted by Crippen LogP contribution is 2.43. The molecule has 0 unspecified atom stereocenters. The molecule has 3 rings (SSSR count). The van der Waals surface area contributed by atoms with Crippen molar-refractivity contribution in [2.24, 2.45) is 0 Å². The van der Waals surface area contributed by atoms with E-state index in [4.69, 9.17) is 0 Å². The Bertz CT molecular complexity index is 621. The third-order valence-corrected chi connectivity index (χ3v) is 4.19. The smallest absolute Gasteiger partial charge is 0.103 e. The minimum absolute atomic E-state index is 0.305. The Kier molecular flexibility index (Phi) is 2.70. The molecule has 0 radical (unpaired) electrons. The van der Waals surface area contributed by atoms with E-state index in [0.29, 0.717) is 6.17 Å². The normalized spacial score (nSPS) is 17.8. The maximum absolute atomic E-state index is 4.28. The van der Waals surface area contributed by atoms with E-state index in [9.17, 15) is 0 Å². The van der Waals surface area contributed by atoms with E-state index in [1.807, 2.05) is 12.4 Å². The predicted molar refractivity (Wildman–Crippen MR) is 80.2 cm³/mol. The Labute approximate surface area is 114 Å². The van der Waals surface area contributed by atoms with Crippen molar-refractivity contribution in [2.45, 2.75) is 26.9 Å². The van der Waals surface area contributed by atoms with Gasteiger partial charge in [0.15, 0.2) is 0 Å². The van der Waals surface area contributed by atoms with Crippen LogP contribution in [0.5, 0.6) is 0 Å². The van der Waals surface area contributed by atoms with E-state index in [2.05, 4.69) is 66.9 Å². The van der Waals surface area contributed by atoms with Crippen molar-refractivity contribution >= 4 is 17.1 Å². The van der Waals surface area contributed by atoms with Crippen LogP contribution in [0.4, 0.5) is 17.1 Å². The largest absolute Gasteiger partial charge is 0.352 e. The zero-order valence-corrected chi connectivity index (χ0v) is 11.9. The van der Waals surface area contributed by atoms with E-state index in [-0.39, 0.29) is 0 Å². The fourth-order valence-corrected chi connectivity index (χ4v) is 2.77. The number of aromatic nitrogens is 1. The molecule has 19 heavy (non-hydrogen) atoms. The van der Waals surface area contributed by atoms with Crippen LogP contribution in [-0.4, -0.2) is 18.2 Å². The summed E-state index contributed by atoms with van der Waals surface area (Å²) in [6.45, 7) is 6.57. The fourth-order valence-electron chi connectivity index (χ4n) is 2.77. The number of fused-ring (bicyclic) bond motifs is 1. The standard InChI is InChI=1S/C16H19N3/c1-11-6-5-7-14(12(11)2)19-13(3)18(4)15-8-9-17-10-16(15)19/h5-10,13H,1-4H3/t13-/m0/s1. The second-order valence-electron chi connectivity index (χ2n) is 5.20. The zero-order chi connectivity index (χ0) is 13.6. The first-order chi connectivity index (χ1) is 9.11. The molecule has 0 amide bonds. The number of hydrogen-bond acceptors (Lipinski definition) is 3. The number of benzene rings is 1. The Morgan fingerprint density at radius 1 is 1.05 bits per heavy atom. The molecule has 1 atom stereocenters. The lowest BCUT2D eigenvalue weighted by Gasteiger charge is -2.29. The van der Waals surface area contributed by atoms with E-state index >= 15 is 0 Å². The van der Waals surface area contributed by atoms with Crippen LogP contribution in [0.15, 0.2) is 36.7 Å². The molecule has 0 fully saturated rings. The quantitative estimate of drug-likeness (QED) is 0.773. The average Bonchev–Trinajstić information content (AvgIpc) is 2.67. The number of aryl methyl sites for hydroxylation is 1. The highest BCUT2D eigenvalue weighted by atomic mass is 15.4. The summed E-state index contributed by atoms with van der Waals surface area (Å²) < 4.78 is 0. The van der Waals surface area contributed by atoms with Crippen LogP contribution in [-0.2, 0) is 0 Å². The van der Waals surface area contributed by atoms with Crippen LogP contribution in [0, 0.1) is 13.8 Å². The summed E-state index contributed by atoms with van der Waals surface area (Å²) in [5, 5.41) is 0. The molecule has 3 heteroatoms. The van der Waals surface area contributed by atoms with E-state index in [1.165, 1.54) is 28.2 Å². The Morgan fingerprint density at radius 2 is 1.84 bits per heavy atom. The van der Waals surface area contributed by atoms with Crippen LogP contribution in [0.3, 0.4) is 0 Å². The lowest BCUT2D eigenvalue weighted by Crippen LogP contribution is -2.36. The topological polar surface area (TPSA) is 19.4 Å². The van der Waals surface area contributed by atoms with Crippen LogP contribution >= 0.6 is 0 Å². The third kappa shape index (κ3) is 1.69. The summed E-state index contributed by atoms with van der Waals surface area (Å²) in [7, 11) is 2.13. The third-order valence-electron chi connectivity index (χ3n) is 4.19. The number of pyridine rings is 1. The SMILES string of the molecule is Cc1cccc(N2c3cnccc3N(C)[C@@H]2C)c1C. The predicted octanol–water partition coefficient (Wildman–Crippen LogP) is 3.63. The summed E-state index contributed by atoms with van der Waals surface area (Å²) in [5.41, 5.74) is 6.35. The van der Waals surface area contributed by atoms with Crippen molar-refractivity contribution in [3.8, 4) is 0 Å². The Balaban J connectivity index is 2.18. The molecule has 0 spiro atoms. The van der Waals surface area contributed by atoms with Crippen LogP contribution in [0.25, 0.3) is 0 Å². The highest BCUT2D eigenvalue weighted by molar-refractivity contribution is 5.83. The van der Waals surface area contributed by atoms with Gasteiger partial charge in [-0.25, -0.2) is 0 Å². The van der Waals surface area contributed by atoms with Gasteiger partial charge in [-0.3, -0.25) is 4.98 Å². The summed E-state index contributed by atoms with van der Waals surface area (Å²) in [6.07, 6.45) is 4.12. The van der Waals surface area contributed by atoms with E-state index in [0.717, 1.165) is 0 Å². The van der Waals surface area contributed by atoms with Crippen molar-refractivity contribution in [1.82, 2.24) is 4.98 Å². The van der Waals surface area contributed by atoms with Gasteiger partial charge < -0.3 is 9.80 Å². The molecule has 0 bridgehead atoms. The van der Waals surface area contributed by atoms with Crippen LogP contribution in [0.2, 0.25) is 0 Å². The van der Waals surface area contributed by atoms with Gasteiger partial charge in [-0.05, 0) is 44.0 Å². The van der Waals surface area contributed by atoms with Crippen molar-refractivity contribution in [3.05, 3.63) is 47.8 Å². The maximum atomic E-state index is 4.28. The van der Waals surface area contributed by atoms with Gasteiger partial charge in [0.2, 0.25) is 0 Å². The van der Waals surface area contributed by atoms with Crippen molar-refractivity contribution in [1.29, 1.82) is 0 Å². The minimum Gasteiger partial charge on any atom is -0.352 e. The van der Waals surface area contributed by atoms with Crippen molar-refractivity contribution in [2.75, 3.05) is 16.8 Å².